The van der Waals surface area contributed by atoms with Crippen LogP contribution in [0.5, 0.6) is 0 Å². The summed E-state index contributed by atoms with van der Waals surface area (Å²) in [6.45, 7) is 1.36. The van der Waals surface area contributed by atoms with Gasteiger partial charge in [-0.2, -0.15) is 0 Å². The van der Waals surface area contributed by atoms with Crippen LogP contribution in [0.2, 0.25) is 0 Å². The minimum absolute atomic E-state index is 0.102. The number of aliphatic hydroxyl groups excluding tert-OH is 1. The van der Waals surface area contributed by atoms with E-state index in [1.165, 1.54) is 15.4 Å². The highest BCUT2D eigenvalue weighted by Crippen LogP contribution is 2.08. The van der Waals surface area contributed by atoms with Crippen LogP contribution in [0.15, 0.2) is 29.2 Å². The Labute approximate surface area is 120 Å². The summed E-state index contributed by atoms with van der Waals surface area (Å²) >= 11 is 0. The van der Waals surface area contributed by atoms with Gasteiger partial charge in [0.05, 0.1) is 18.8 Å². The third-order valence-corrected chi connectivity index (χ3v) is 3.14. The van der Waals surface area contributed by atoms with Gasteiger partial charge in [0.15, 0.2) is 0 Å². The average molecular weight is 297 g/mol. The quantitative estimate of drug-likeness (QED) is 0.866. The molecule has 0 aliphatic carbocycles. The molecule has 2 aromatic heterocycles. The van der Waals surface area contributed by atoms with Gasteiger partial charge < -0.3 is 5.11 Å². The van der Waals surface area contributed by atoms with Crippen LogP contribution >= 0.6 is 0 Å². The summed E-state index contributed by atoms with van der Waals surface area (Å²) in [6.07, 6.45) is -0.883. The number of alkyl halides is 2. The number of rotatable bonds is 6. The molecule has 2 heterocycles. The number of aryl methyl sites for hydroxylation is 1. The lowest BCUT2D eigenvalue weighted by Crippen LogP contribution is -2.32. The number of aliphatic hydroxyl groups is 1. The molecule has 0 aliphatic rings. The molecule has 1 N–H and O–H groups in total. The number of nitrogens with zero attached hydrogens (tertiary/aromatic N) is 3. The largest absolute Gasteiger partial charge is 0.395 e. The van der Waals surface area contributed by atoms with E-state index >= 15 is 0 Å². The molecule has 0 amide bonds. The first kappa shape index (κ1) is 15.5. The fourth-order valence-electron chi connectivity index (χ4n) is 2.19. The Hall–Kier alpha value is -1.86. The minimum atomic E-state index is -2.50. The Morgan fingerprint density at radius 3 is 2.90 bits per heavy atom. The van der Waals surface area contributed by atoms with Crippen molar-refractivity contribution in [2.75, 3.05) is 19.7 Å². The zero-order valence-corrected chi connectivity index (χ0v) is 11.7. The summed E-state index contributed by atoms with van der Waals surface area (Å²) in [4.78, 5) is 17.8. The van der Waals surface area contributed by atoms with Crippen LogP contribution in [-0.4, -0.2) is 45.5 Å². The van der Waals surface area contributed by atoms with E-state index < -0.39 is 13.0 Å². The predicted molar refractivity (Wildman–Crippen MR) is 74.6 cm³/mol. The van der Waals surface area contributed by atoms with Crippen LogP contribution < -0.4 is 5.56 Å². The highest BCUT2D eigenvalue weighted by Gasteiger charge is 2.14. The second-order valence-corrected chi connectivity index (χ2v) is 4.82. The molecule has 0 aromatic carbocycles. The summed E-state index contributed by atoms with van der Waals surface area (Å²) in [5.41, 5.74) is 1.52. The Bertz CT molecular complexity index is 673. The normalized spacial score (nSPS) is 11.7. The number of hydrogen-bond donors (Lipinski definition) is 1. The Morgan fingerprint density at radius 1 is 1.48 bits per heavy atom. The highest BCUT2D eigenvalue weighted by atomic mass is 19.3. The molecular weight excluding hydrogens is 280 g/mol. The number of hydrogen-bond acceptors (Lipinski definition) is 4. The minimum Gasteiger partial charge on any atom is -0.395 e. The topological polar surface area (TPSA) is 57.8 Å². The monoisotopic (exact) mass is 297 g/mol. The summed E-state index contributed by atoms with van der Waals surface area (Å²) in [7, 11) is 0. The van der Waals surface area contributed by atoms with Gasteiger partial charge in [-0.05, 0) is 18.6 Å². The number of halogens is 2. The SMILES string of the molecule is Cc1cccn2c(=O)cc(CN(CCO)CC(F)F)nc12. The second kappa shape index (κ2) is 6.73. The molecule has 0 radical (unpaired) electrons. The van der Waals surface area contributed by atoms with Crippen LogP contribution in [0.25, 0.3) is 5.65 Å². The van der Waals surface area contributed by atoms with Crippen molar-refractivity contribution in [1.82, 2.24) is 14.3 Å². The Morgan fingerprint density at radius 2 is 2.24 bits per heavy atom. The molecule has 0 unspecified atom stereocenters. The smallest absolute Gasteiger partial charge is 0.258 e. The van der Waals surface area contributed by atoms with Gasteiger partial charge in [0, 0.05) is 25.4 Å². The van der Waals surface area contributed by atoms with E-state index in [1.54, 1.807) is 12.3 Å². The number of pyridine rings is 1. The zero-order chi connectivity index (χ0) is 15.4. The van der Waals surface area contributed by atoms with Crippen molar-refractivity contribution in [3.63, 3.8) is 0 Å². The molecule has 0 atom stereocenters. The fourth-order valence-corrected chi connectivity index (χ4v) is 2.19. The van der Waals surface area contributed by atoms with Gasteiger partial charge in [-0.25, -0.2) is 13.8 Å². The third-order valence-electron chi connectivity index (χ3n) is 3.14. The first-order chi connectivity index (χ1) is 10.0. The van der Waals surface area contributed by atoms with Crippen LogP contribution in [-0.2, 0) is 6.54 Å². The van der Waals surface area contributed by atoms with Crippen LogP contribution in [0.4, 0.5) is 8.78 Å². The Kier molecular flexibility index (Phi) is 4.98. The van der Waals surface area contributed by atoms with Crippen molar-refractivity contribution in [2.24, 2.45) is 0 Å². The van der Waals surface area contributed by atoms with Crippen molar-refractivity contribution in [1.29, 1.82) is 0 Å². The summed E-state index contributed by atoms with van der Waals surface area (Å²) in [5.74, 6) is 0. The molecule has 21 heavy (non-hydrogen) atoms. The molecule has 0 fully saturated rings. The van der Waals surface area contributed by atoms with Crippen molar-refractivity contribution >= 4 is 5.65 Å². The highest BCUT2D eigenvalue weighted by molar-refractivity contribution is 5.46. The van der Waals surface area contributed by atoms with Crippen molar-refractivity contribution in [2.45, 2.75) is 19.9 Å². The van der Waals surface area contributed by atoms with E-state index in [2.05, 4.69) is 4.98 Å². The van der Waals surface area contributed by atoms with Gasteiger partial charge in [-0.3, -0.25) is 14.1 Å². The van der Waals surface area contributed by atoms with Crippen molar-refractivity contribution < 1.29 is 13.9 Å². The van der Waals surface area contributed by atoms with Gasteiger partial charge in [-0.15, -0.1) is 0 Å². The summed E-state index contributed by atoms with van der Waals surface area (Å²) in [6, 6.07) is 4.92. The van der Waals surface area contributed by atoms with E-state index in [0.29, 0.717) is 11.3 Å². The summed E-state index contributed by atoms with van der Waals surface area (Å²) < 4.78 is 26.4. The molecule has 0 saturated heterocycles. The molecule has 5 nitrogen and oxygen atoms in total. The Balaban J connectivity index is 2.33. The molecule has 0 aliphatic heterocycles. The van der Waals surface area contributed by atoms with E-state index in [9.17, 15) is 13.6 Å². The number of fused-ring (bicyclic) bond motifs is 1. The van der Waals surface area contributed by atoms with Crippen molar-refractivity contribution in [3.8, 4) is 0 Å². The van der Waals surface area contributed by atoms with Gasteiger partial charge in [-0.1, -0.05) is 6.07 Å². The van der Waals surface area contributed by atoms with Gasteiger partial charge in [0.25, 0.3) is 12.0 Å². The lowest BCUT2D eigenvalue weighted by Gasteiger charge is -2.20. The van der Waals surface area contributed by atoms with E-state index in [1.807, 2.05) is 13.0 Å². The molecule has 0 spiro atoms. The molecule has 7 heteroatoms. The molecule has 2 aromatic rings. The van der Waals surface area contributed by atoms with E-state index in [-0.39, 0.29) is 25.3 Å². The molecular formula is C14H17F2N3O2. The maximum atomic E-state index is 12.5. The van der Waals surface area contributed by atoms with Crippen molar-refractivity contribution in [3.05, 3.63) is 46.0 Å². The zero-order valence-electron chi connectivity index (χ0n) is 11.7. The molecule has 0 bridgehead atoms. The van der Waals surface area contributed by atoms with Crippen LogP contribution in [0.1, 0.15) is 11.3 Å². The van der Waals surface area contributed by atoms with E-state index in [0.717, 1.165) is 5.56 Å². The third kappa shape index (κ3) is 3.83. The maximum absolute atomic E-state index is 12.5. The van der Waals surface area contributed by atoms with Gasteiger partial charge in [0.2, 0.25) is 0 Å². The maximum Gasteiger partial charge on any atom is 0.258 e. The molecule has 114 valence electrons. The standard InChI is InChI=1S/C14H17F2N3O2/c1-10-3-2-4-19-13(21)7-11(17-14(10)19)8-18(5-6-20)9-12(15)16/h2-4,7,12,20H,5-6,8-9H2,1H3. The average Bonchev–Trinajstić information content (AvgIpc) is 2.39. The first-order valence-electron chi connectivity index (χ1n) is 6.60. The van der Waals surface area contributed by atoms with E-state index in [4.69, 9.17) is 5.11 Å². The molecule has 0 saturated carbocycles. The second-order valence-electron chi connectivity index (χ2n) is 4.82. The van der Waals surface area contributed by atoms with Crippen LogP contribution in [0, 0.1) is 6.92 Å². The van der Waals surface area contributed by atoms with Gasteiger partial charge >= 0.3 is 0 Å². The lowest BCUT2D eigenvalue weighted by molar-refractivity contribution is 0.0740. The lowest BCUT2D eigenvalue weighted by atomic mass is 10.2. The predicted octanol–water partition coefficient (Wildman–Crippen LogP) is 1.06. The first-order valence-corrected chi connectivity index (χ1v) is 6.60. The molecule has 2 rings (SSSR count). The number of aromatic nitrogens is 2. The fraction of sp³-hybridized carbons (Fsp3) is 0.429. The summed E-state index contributed by atoms with van der Waals surface area (Å²) in [5, 5.41) is 8.93. The van der Waals surface area contributed by atoms with Crippen LogP contribution in [0.3, 0.4) is 0 Å². The van der Waals surface area contributed by atoms with Gasteiger partial charge in [0.1, 0.15) is 5.65 Å².